The third kappa shape index (κ3) is 3.33. The summed E-state index contributed by atoms with van der Waals surface area (Å²) < 4.78 is 2.09. The third-order valence-corrected chi connectivity index (χ3v) is 3.33. The Morgan fingerprint density at radius 3 is 2.82 bits per heavy atom. The molecule has 2 heterocycles. The fourth-order valence-corrected chi connectivity index (χ4v) is 2.22. The zero-order valence-corrected chi connectivity index (χ0v) is 10.5. The molecule has 0 aliphatic carbocycles. The topological polar surface area (TPSA) is 37.3 Å². The number of hydrogen-bond donors (Lipinski definition) is 1. The SMILES string of the molecule is Cn1cccc1CNCCC(=O)N1CCCC1. The lowest BCUT2D eigenvalue weighted by molar-refractivity contribution is -0.130. The van der Waals surface area contributed by atoms with E-state index in [2.05, 4.69) is 16.0 Å². The van der Waals surface area contributed by atoms with Gasteiger partial charge in [-0.1, -0.05) is 0 Å². The zero-order chi connectivity index (χ0) is 12.1. The maximum atomic E-state index is 11.8. The van der Waals surface area contributed by atoms with Gasteiger partial charge in [0, 0.05) is 51.5 Å². The maximum absolute atomic E-state index is 11.8. The molecule has 2 rings (SSSR count). The Morgan fingerprint density at radius 2 is 2.18 bits per heavy atom. The van der Waals surface area contributed by atoms with Crippen molar-refractivity contribution in [1.82, 2.24) is 14.8 Å². The number of aryl methyl sites for hydroxylation is 1. The molecule has 4 heteroatoms. The number of hydrogen-bond acceptors (Lipinski definition) is 2. The molecule has 1 saturated heterocycles. The van der Waals surface area contributed by atoms with Crippen LogP contribution in [0.5, 0.6) is 0 Å². The van der Waals surface area contributed by atoms with Gasteiger partial charge in [0.25, 0.3) is 0 Å². The molecule has 1 aliphatic rings. The number of amides is 1. The van der Waals surface area contributed by atoms with Gasteiger partial charge >= 0.3 is 0 Å². The molecule has 0 saturated carbocycles. The Bertz CT molecular complexity index is 366. The first-order valence-electron chi connectivity index (χ1n) is 6.36. The van der Waals surface area contributed by atoms with Crippen LogP contribution in [0.3, 0.4) is 0 Å². The fraction of sp³-hybridized carbons (Fsp3) is 0.615. The highest BCUT2D eigenvalue weighted by atomic mass is 16.2. The summed E-state index contributed by atoms with van der Waals surface area (Å²) in [6, 6.07) is 4.13. The Kier molecular flexibility index (Phi) is 4.20. The molecule has 0 atom stereocenters. The van der Waals surface area contributed by atoms with Crippen LogP contribution in [0.2, 0.25) is 0 Å². The predicted molar refractivity (Wildman–Crippen MR) is 67.6 cm³/mol. The van der Waals surface area contributed by atoms with Gasteiger partial charge in [0.1, 0.15) is 0 Å². The van der Waals surface area contributed by atoms with E-state index in [1.807, 2.05) is 24.2 Å². The number of nitrogens with zero attached hydrogens (tertiary/aromatic N) is 2. The highest BCUT2D eigenvalue weighted by Gasteiger charge is 2.16. The molecule has 94 valence electrons. The standard InChI is InChI=1S/C13H21N3O/c1-15-8-4-5-12(15)11-14-7-6-13(17)16-9-2-3-10-16/h4-5,8,14H,2-3,6-7,9-11H2,1H3. The maximum Gasteiger partial charge on any atom is 0.223 e. The summed E-state index contributed by atoms with van der Waals surface area (Å²) in [4.78, 5) is 13.7. The summed E-state index contributed by atoms with van der Waals surface area (Å²) in [5, 5.41) is 3.31. The number of aromatic nitrogens is 1. The van der Waals surface area contributed by atoms with Crippen molar-refractivity contribution in [3.05, 3.63) is 24.0 Å². The van der Waals surface area contributed by atoms with Crippen LogP contribution < -0.4 is 5.32 Å². The van der Waals surface area contributed by atoms with E-state index in [4.69, 9.17) is 0 Å². The van der Waals surface area contributed by atoms with Crippen molar-refractivity contribution in [1.29, 1.82) is 0 Å². The fourth-order valence-electron chi connectivity index (χ4n) is 2.22. The molecule has 0 radical (unpaired) electrons. The summed E-state index contributed by atoms with van der Waals surface area (Å²) in [5.41, 5.74) is 1.25. The lowest BCUT2D eigenvalue weighted by Gasteiger charge is -2.15. The summed E-state index contributed by atoms with van der Waals surface area (Å²) in [5.74, 6) is 0.293. The van der Waals surface area contributed by atoms with Gasteiger partial charge < -0.3 is 14.8 Å². The molecule has 1 N–H and O–H groups in total. The van der Waals surface area contributed by atoms with Crippen LogP contribution in [0.15, 0.2) is 18.3 Å². The Hall–Kier alpha value is -1.29. The van der Waals surface area contributed by atoms with E-state index in [1.165, 1.54) is 18.5 Å². The second kappa shape index (κ2) is 5.87. The number of rotatable bonds is 5. The van der Waals surface area contributed by atoms with Gasteiger partial charge in [-0.25, -0.2) is 0 Å². The molecule has 0 bridgehead atoms. The molecular weight excluding hydrogens is 214 g/mol. The van der Waals surface area contributed by atoms with Crippen molar-refractivity contribution < 1.29 is 4.79 Å². The summed E-state index contributed by atoms with van der Waals surface area (Å²) >= 11 is 0. The second-order valence-electron chi connectivity index (χ2n) is 4.63. The molecule has 1 amide bonds. The predicted octanol–water partition coefficient (Wildman–Crippen LogP) is 1.13. The largest absolute Gasteiger partial charge is 0.353 e. The summed E-state index contributed by atoms with van der Waals surface area (Å²) in [6.45, 7) is 3.50. The van der Waals surface area contributed by atoms with Crippen LogP contribution in [-0.2, 0) is 18.4 Å². The quantitative estimate of drug-likeness (QED) is 0.777. The van der Waals surface area contributed by atoms with Crippen molar-refractivity contribution in [3.63, 3.8) is 0 Å². The van der Waals surface area contributed by atoms with Crippen LogP contribution in [-0.4, -0.2) is 35.0 Å². The van der Waals surface area contributed by atoms with Crippen molar-refractivity contribution in [2.45, 2.75) is 25.8 Å². The van der Waals surface area contributed by atoms with Gasteiger partial charge in [-0.2, -0.15) is 0 Å². The average Bonchev–Trinajstić information content (AvgIpc) is 2.96. The molecule has 1 fully saturated rings. The van der Waals surface area contributed by atoms with Gasteiger partial charge in [-0.05, 0) is 25.0 Å². The number of carbonyl (C=O) groups is 1. The normalized spacial score (nSPS) is 15.5. The van der Waals surface area contributed by atoms with Crippen LogP contribution in [0, 0.1) is 0 Å². The highest BCUT2D eigenvalue weighted by Crippen LogP contribution is 2.08. The minimum absolute atomic E-state index is 0.293. The first-order chi connectivity index (χ1) is 8.27. The minimum atomic E-state index is 0.293. The van der Waals surface area contributed by atoms with Crippen LogP contribution in [0.1, 0.15) is 25.0 Å². The van der Waals surface area contributed by atoms with Gasteiger partial charge in [-0.15, -0.1) is 0 Å². The summed E-state index contributed by atoms with van der Waals surface area (Å²) in [7, 11) is 2.03. The number of nitrogens with one attached hydrogen (secondary N) is 1. The molecule has 1 aromatic heterocycles. The first kappa shape index (κ1) is 12.2. The molecule has 1 aromatic rings. The molecule has 0 unspecified atom stereocenters. The lowest BCUT2D eigenvalue weighted by Crippen LogP contribution is -2.30. The highest BCUT2D eigenvalue weighted by molar-refractivity contribution is 5.76. The lowest BCUT2D eigenvalue weighted by atomic mass is 10.3. The van der Waals surface area contributed by atoms with Crippen molar-refractivity contribution >= 4 is 5.91 Å². The Balaban J connectivity index is 1.63. The van der Waals surface area contributed by atoms with Crippen LogP contribution in [0.25, 0.3) is 0 Å². The third-order valence-electron chi connectivity index (χ3n) is 3.33. The van der Waals surface area contributed by atoms with E-state index in [0.29, 0.717) is 12.3 Å². The Labute approximate surface area is 103 Å². The average molecular weight is 235 g/mol. The van der Waals surface area contributed by atoms with Gasteiger partial charge in [0.15, 0.2) is 0 Å². The zero-order valence-electron chi connectivity index (χ0n) is 10.5. The van der Waals surface area contributed by atoms with Crippen LogP contribution in [0.4, 0.5) is 0 Å². The van der Waals surface area contributed by atoms with Crippen molar-refractivity contribution in [2.24, 2.45) is 7.05 Å². The Morgan fingerprint density at radius 1 is 1.41 bits per heavy atom. The van der Waals surface area contributed by atoms with Crippen LogP contribution >= 0.6 is 0 Å². The smallest absolute Gasteiger partial charge is 0.223 e. The monoisotopic (exact) mass is 235 g/mol. The molecule has 17 heavy (non-hydrogen) atoms. The van der Waals surface area contributed by atoms with E-state index in [9.17, 15) is 4.79 Å². The van der Waals surface area contributed by atoms with Gasteiger partial charge in [0.05, 0.1) is 0 Å². The number of carbonyl (C=O) groups excluding carboxylic acids is 1. The number of likely N-dealkylation sites (tertiary alicyclic amines) is 1. The molecule has 0 spiro atoms. The van der Waals surface area contributed by atoms with E-state index < -0.39 is 0 Å². The van der Waals surface area contributed by atoms with E-state index in [-0.39, 0.29) is 0 Å². The van der Waals surface area contributed by atoms with Gasteiger partial charge in [0.2, 0.25) is 5.91 Å². The molecule has 0 aromatic carbocycles. The molecule has 1 aliphatic heterocycles. The second-order valence-corrected chi connectivity index (χ2v) is 4.63. The minimum Gasteiger partial charge on any atom is -0.353 e. The molecular formula is C13H21N3O. The van der Waals surface area contributed by atoms with Crippen molar-refractivity contribution in [3.8, 4) is 0 Å². The first-order valence-corrected chi connectivity index (χ1v) is 6.36. The van der Waals surface area contributed by atoms with E-state index in [0.717, 1.165) is 26.2 Å². The summed E-state index contributed by atoms with van der Waals surface area (Å²) in [6.07, 6.45) is 4.99. The van der Waals surface area contributed by atoms with Gasteiger partial charge in [-0.3, -0.25) is 4.79 Å². The molecule has 4 nitrogen and oxygen atoms in total. The van der Waals surface area contributed by atoms with Crippen molar-refractivity contribution in [2.75, 3.05) is 19.6 Å². The van der Waals surface area contributed by atoms with E-state index >= 15 is 0 Å². The van der Waals surface area contributed by atoms with E-state index in [1.54, 1.807) is 0 Å².